The van der Waals surface area contributed by atoms with Gasteiger partial charge in [0.1, 0.15) is 5.82 Å². The second kappa shape index (κ2) is 8.78. The second-order valence-electron chi connectivity index (χ2n) is 7.36. The molecule has 0 N–H and O–H groups in total. The number of benzene rings is 2. The molecule has 0 unspecified atom stereocenters. The molecule has 0 bridgehead atoms. The second-order valence-corrected chi connectivity index (χ2v) is 7.36. The van der Waals surface area contributed by atoms with Crippen molar-refractivity contribution in [2.24, 2.45) is 0 Å². The smallest absolute Gasteiger partial charge is 0.255 e. The van der Waals surface area contributed by atoms with Gasteiger partial charge in [0.2, 0.25) is 0 Å². The van der Waals surface area contributed by atoms with E-state index < -0.39 is 0 Å². The number of hydrogen-bond donors (Lipinski definition) is 0. The van der Waals surface area contributed by atoms with Crippen LogP contribution in [-0.2, 0) is 6.54 Å². The van der Waals surface area contributed by atoms with Crippen LogP contribution in [0.15, 0.2) is 79.0 Å². The summed E-state index contributed by atoms with van der Waals surface area (Å²) in [6, 6.07) is 24.4. The third-order valence-corrected chi connectivity index (χ3v) is 5.33. The minimum atomic E-state index is -0.0122. The van der Waals surface area contributed by atoms with E-state index in [0.717, 1.165) is 37.6 Å². The van der Waals surface area contributed by atoms with Crippen LogP contribution in [0, 0.1) is 0 Å². The number of anilines is 2. The molecule has 1 aromatic heterocycles. The lowest BCUT2D eigenvalue weighted by molar-refractivity contribution is 0.0784. The van der Waals surface area contributed by atoms with Gasteiger partial charge in [0.25, 0.3) is 5.91 Å². The highest BCUT2D eigenvalue weighted by Gasteiger charge is 2.19. The molecule has 1 fully saturated rings. The van der Waals surface area contributed by atoms with Gasteiger partial charge in [0, 0.05) is 51.7 Å². The number of carbonyl (C=O) groups excluding carboxylic acids is 1. The fourth-order valence-corrected chi connectivity index (χ4v) is 3.68. The Morgan fingerprint density at radius 1 is 0.862 bits per heavy atom. The van der Waals surface area contributed by atoms with Crippen molar-refractivity contribution in [3.63, 3.8) is 0 Å². The number of hydrogen-bond acceptors (Lipinski definition) is 4. The maximum atomic E-state index is 12.7. The van der Waals surface area contributed by atoms with Crippen LogP contribution < -0.4 is 9.80 Å². The van der Waals surface area contributed by atoms with E-state index in [2.05, 4.69) is 39.0 Å². The topological polar surface area (TPSA) is 39.7 Å². The minimum absolute atomic E-state index is 0.0122. The molecule has 1 amide bonds. The van der Waals surface area contributed by atoms with Crippen molar-refractivity contribution in [1.29, 1.82) is 0 Å². The lowest BCUT2D eigenvalue weighted by Crippen LogP contribution is -2.46. The van der Waals surface area contributed by atoms with Crippen molar-refractivity contribution in [2.45, 2.75) is 6.54 Å². The van der Waals surface area contributed by atoms with Crippen molar-refractivity contribution in [3.8, 4) is 0 Å². The van der Waals surface area contributed by atoms with E-state index in [0.29, 0.717) is 12.1 Å². The zero-order valence-corrected chi connectivity index (χ0v) is 16.7. The number of amides is 1. The van der Waals surface area contributed by atoms with Crippen LogP contribution in [0.5, 0.6) is 0 Å². The van der Waals surface area contributed by atoms with Crippen molar-refractivity contribution >= 4 is 17.4 Å². The summed E-state index contributed by atoms with van der Waals surface area (Å²) < 4.78 is 0. The first kappa shape index (κ1) is 19.0. The number of carbonyl (C=O) groups is 1. The number of piperazine rings is 1. The molecule has 0 atom stereocenters. The molecular weight excluding hydrogens is 360 g/mol. The van der Waals surface area contributed by atoms with E-state index in [4.69, 9.17) is 0 Å². The van der Waals surface area contributed by atoms with Crippen LogP contribution in [0.4, 0.5) is 11.5 Å². The first-order valence-corrected chi connectivity index (χ1v) is 10.0. The zero-order valence-electron chi connectivity index (χ0n) is 16.7. The van der Waals surface area contributed by atoms with Crippen molar-refractivity contribution in [2.75, 3.05) is 43.0 Å². The van der Waals surface area contributed by atoms with E-state index in [1.807, 2.05) is 55.6 Å². The fourth-order valence-electron chi connectivity index (χ4n) is 3.68. The number of pyridine rings is 1. The third-order valence-electron chi connectivity index (χ3n) is 5.33. The van der Waals surface area contributed by atoms with Gasteiger partial charge in [-0.3, -0.25) is 4.79 Å². The van der Waals surface area contributed by atoms with Gasteiger partial charge in [-0.05, 0) is 29.8 Å². The quantitative estimate of drug-likeness (QED) is 0.671. The molecule has 5 nitrogen and oxygen atoms in total. The number of para-hydroxylation sites is 1. The third kappa shape index (κ3) is 4.57. The Hall–Kier alpha value is -3.34. The van der Waals surface area contributed by atoms with Crippen LogP contribution in [0.3, 0.4) is 0 Å². The van der Waals surface area contributed by atoms with Crippen molar-refractivity contribution in [1.82, 2.24) is 9.88 Å². The van der Waals surface area contributed by atoms with Gasteiger partial charge in [0.15, 0.2) is 0 Å². The van der Waals surface area contributed by atoms with E-state index >= 15 is 0 Å². The first-order valence-electron chi connectivity index (χ1n) is 10.0. The Kier molecular flexibility index (Phi) is 5.75. The fraction of sp³-hybridized carbons (Fsp3) is 0.250. The molecule has 0 radical (unpaired) electrons. The van der Waals surface area contributed by atoms with Gasteiger partial charge in [-0.15, -0.1) is 0 Å². The van der Waals surface area contributed by atoms with Crippen LogP contribution in [0.25, 0.3) is 0 Å². The molecule has 1 aliphatic rings. The molecule has 0 saturated carbocycles. The minimum Gasteiger partial charge on any atom is -0.368 e. The summed E-state index contributed by atoms with van der Waals surface area (Å²) >= 11 is 0. The molecule has 2 aromatic carbocycles. The largest absolute Gasteiger partial charge is 0.368 e. The maximum Gasteiger partial charge on any atom is 0.255 e. The summed E-state index contributed by atoms with van der Waals surface area (Å²) in [5.41, 5.74) is 3.00. The monoisotopic (exact) mass is 386 g/mol. The van der Waals surface area contributed by atoms with Crippen LogP contribution in [0.2, 0.25) is 0 Å². The van der Waals surface area contributed by atoms with E-state index in [-0.39, 0.29) is 5.91 Å². The molecule has 148 valence electrons. The number of nitrogens with zero attached hydrogens (tertiary/aromatic N) is 4. The molecule has 1 saturated heterocycles. The van der Waals surface area contributed by atoms with Crippen LogP contribution in [0.1, 0.15) is 15.9 Å². The standard InChI is InChI=1S/C24H26N4O/c1-26(19-20-8-4-2-5-9-20)24(29)21-12-13-23(25-18-21)28-16-14-27(15-17-28)22-10-6-3-7-11-22/h2-13,18H,14-17,19H2,1H3. The number of rotatable bonds is 5. The van der Waals surface area contributed by atoms with E-state index in [1.165, 1.54) is 5.69 Å². The Morgan fingerprint density at radius 2 is 1.48 bits per heavy atom. The van der Waals surface area contributed by atoms with Crippen LogP contribution >= 0.6 is 0 Å². The summed E-state index contributed by atoms with van der Waals surface area (Å²) in [7, 11) is 1.83. The van der Waals surface area contributed by atoms with E-state index in [1.54, 1.807) is 11.1 Å². The molecule has 2 heterocycles. The van der Waals surface area contributed by atoms with Gasteiger partial charge in [-0.2, -0.15) is 0 Å². The van der Waals surface area contributed by atoms with Crippen molar-refractivity contribution < 1.29 is 4.79 Å². The Labute approximate surface area is 172 Å². The highest BCUT2D eigenvalue weighted by Crippen LogP contribution is 2.19. The molecule has 0 aliphatic carbocycles. The van der Waals surface area contributed by atoms with Gasteiger partial charge in [-0.1, -0.05) is 48.5 Å². The van der Waals surface area contributed by atoms with Gasteiger partial charge < -0.3 is 14.7 Å². The molecule has 4 rings (SSSR count). The maximum absolute atomic E-state index is 12.7. The van der Waals surface area contributed by atoms with E-state index in [9.17, 15) is 4.79 Å². The SMILES string of the molecule is CN(Cc1ccccc1)C(=O)c1ccc(N2CCN(c3ccccc3)CC2)nc1. The highest BCUT2D eigenvalue weighted by molar-refractivity contribution is 5.93. The summed E-state index contributed by atoms with van der Waals surface area (Å²) in [5.74, 6) is 0.918. The summed E-state index contributed by atoms with van der Waals surface area (Å²) in [4.78, 5) is 23.7. The van der Waals surface area contributed by atoms with Crippen LogP contribution in [-0.4, -0.2) is 49.0 Å². The predicted octanol–water partition coefficient (Wildman–Crippen LogP) is 3.68. The average molecular weight is 386 g/mol. The summed E-state index contributed by atoms with van der Waals surface area (Å²) in [6.07, 6.45) is 1.70. The Bertz CT molecular complexity index is 920. The van der Waals surface area contributed by atoms with Crippen molar-refractivity contribution in [3.05, 3.63) is 90.1 Å². The highest BCUT2D eigenvalue weighted by atomic mass is 16.2. The van der Waals surface area contributed by atoms with Gasteiger partial charge >= 0.3 is 0 Å². The first-order chi connectivity index (χ1) is 14.2. The lowest BCUT2D eigenvalue weighted by atomic mass is 10.2. The number of aromatic nitrogens is 1. The Morgan fingerprint density at radius 3 is 2.10 bits per heavy atom. The molecule has 3 aromatic rings. The summed E-state index contributed by atoms with van der Waals surface area (Å²) in [6.45, 7) is 4.35. The van der Waals surface area contributed by atoms with Gasteiger partial charge in [0.05, 0.1) is 5.56 Å². The molecule has 5 heteroatoms. The summed E-state index contributed by atoms with van der Waals surface area (Å²) in [5, 5.41) is 0. The zero-order chi connectivity index (χ0) is 20.1. The molecule has 0 spiro atoms. The molecular formula is C24H26N4O. The normalized spacial score (nSPS) is 14.0. The molecule has 29 heavy (non-hydrogen) atoms. The molecule has 1 aliphatic heterocycles. The van der Waals surface area contributed by atoms with Gasteiger partial charge in [-0.25, -0.2) is 4.98 Å². The lowest BCUT2D eigenvalue weighted by Gasteiger charge is -2.36. The average Bonchev–Trinajstić information content (AvgIpc) is 2.80. The predicted molar refractivity (Wildman–Crippen MR) is 117 cm³/mol. The Balaban J connectivity index is 1.35.